The Labute approximate surface area is 219 Å². The molecule has 0 atom stereocenters. The van der Waals surface area contributed by atoms with Gasteiger partial charge in [0.15, 0.2) is 11.3 Å². The van der Waals surface area contributed by atoms with E-state index < -0.39 is 5.97 Å². The van der Waals surface area contributed by atoms with Crippen LogP contribution in [0.15, 0.2) is 30.3 Å². The Hall–Kier alpha value is -3.40. The third-order valence-electron chi connectivity index (χ3n) is 7.86. The first kappa shape index (κ1) is 25.3. The molecule has 3 heterocycles. The smallest absolute Gasteiger partial charge is 0.357 e. The molecule has 2 aromatic heterocycles. The molecule has 0 radical (unpaired) electrons. The number of fused-ring (bicyclic) bond motifs is 1. The summed E-state index contributed by atoms with van der Waals surface area (Å²) in [6, 6.07) is 13.2. The average molecular weight is 500 g/mol. The Morgan fingerprint density at radius 1 is 1.11 bits per heavy atom. The third kappa shape index (κ3) is 5.07. The summed E-state index contributed by atoms with van der Waals surface area (Å²) in [7, 11) is 0. The van der Waals surface area contributed by atoms with Crippen LogP contribution < -0.4 is 4.90 Å². The van der Waals surface area contributed by atoms with Crippen molar-refractivity contribution in [1.29, 1.82) is 5.26 Å². The summed E-state index contributed by atoms with van der Waals surface area (Å²) < 4.78 is 7.46. The third-order valence-corrected chi connectivity index (χ3v) is 7.86. The number of piperidine rings is 1. The van der Waals surface area contributed by atoms with E-state index in [0.717, 1.165) is 72.3 Å². The first-order valence-corrected chi connectivity index (χ1v) is 13.9. The van der Waals surface area contributed by atoms with Gasteiger partial charge in [-0.25, -0.2) is 14.5 Å². The lowest BCUT2D eigenvalue weighted by atomic mass is 9.95. The van der Waals surface area contributed by atoms with E-state index in [0.29, 0.717) is 18.3 Å². The van der Waals surface area contributed by atoms with Crippen molar-refractivity contribution in [2.24, 2.45) is 5.92 Å². The molecule has 1 saturated heterocycles. The number of carbonyl (C=O) groups excluding carboxylic acids is 1. The second-order valence-electron chi connectivity index (χ2n) is 10.7. The van der Waals surface area contributed by atoms with Crippen molar-refractivity contribution < 1.29 is 9.53 Å². The highest BCUT2D eigenvalue weighted by Crippen LogP contribution is 2.38. The summed E-state index contributed by atoms with van der Waals surface area (Å²) in [5.41, 5.74) is 5.34. The van der Waals surface area contributed by atoms with Crippen LogP contribution in [0.1, 0.15) is 93.9 Å². The minimum Gasteiger partial charge on any atom is -0.461 e. The largest absolute Gasteiger partial charge is 0.461 e. The van der Waals surface area contributed by atoms with Crippen LogP contribution in [0.3, 0.4) is 0 Å². The van der Waals surface area contributed by atoms with E-state index in [-0.39, 0.29) is 11.8 Å². The Balaban J connectivity index is 1.60. The first-order chi connectivity index (χ1) is 18.0. The van der Waals surface area contributed by atoms with Crippen molar-refractivity contribution in [3.63, 3.8) is 0 Å². The van der Waals surface area contributed by atoms with Crippen LogP contribution >= 0.6 is 0 Å². The zero-order valence-corrected chi connectivity index (χ0v) is 22.2. The topological polar surface area (TPSA) is 84.0 Å². The Morgan fingerprint density at radius 2 is 1.81 bits per heavy atom. The molecular weight excluding hydrogens is 462 g/mol. The van der Waals surface area contributed by atoms with Crippen molar-refractivity contribution >= 4 is 22.7 Å². The van der Waals surface area contributed by atoms with Crippen molar-refractivity contribution in [3.05, 3.63) is 41.7 Å². The summed E-state index contributed by atoms with van der Waals surface area (Å²) in [5, 5.41) is 15.4. The molecule has 1 aliphatic carbocycles. The van der Waals surface area contributed by atoms with Gasteiger partial charge in [0.05, 0.1) is 29.8 Å². The molecule has 1 aliphatic heterocycles. The fourth-order valence-corrected chi connectivity index (χ4v) is 5.80. The van der Waals surface area contributed by atoms with Gasteiger partial charge in [0, 0.05) is 24.7 Å². The molecule has 0 bridgehead atoms. The van der Waals surface area contributed by atoms with Crippen LogP contribution in [0.25, 0.3) is 22.2 Å². The number of hydrogen-bond acceptors (Lipinski definition) is 6. The number of esters is 1. The van der Waals surface area contributed by atoms with Crippen LogP contribution in [-0.4, -0.2) is 40.4 Å². The molecule has 0 unspecified atom stereocenters. The number of carbonyl (C=O) groups is 1. The Bertz CT molecular complexity index is 1290. The molecule has 194 valence electrons. The summed E-state index contributed by atoms with van der Waals surface area (Å²) in [5.74, 6) is -0.00996. The number of hydrogen-bond donors (Lipinski definition) is 0. The van der Waals surface area contributed by atoms with Crippen molar-refractivity contribution in [1.82, 2.24) is 14.8 Å². The lowest BCUT2D eigenvalue weighted by Gasteiger charge is -2.31. The van der Waals surface area contributed by atoms with Gasteiger partial charge >= 0.3 is 5.97 Å². The van der Waals surface area contributed by atoms with Gasteiger partial charge in [0.2, 0.25) is 0 Å². The second-order valence-corrected chi connectivity index (χ2v) is 10.7. The summed E-state index contributed by atoms with van der Waals surface area (Å²) in [6.45, 7) is 8.27. The fourth-order valence-electron chi connectivity index (χ4n) is 5.80. The molecular formula is C30H37N5O2. The van der Waals surface area contributed by atoms with E-state index in [4.69, 9.17) is 14.8 Å². The number of rotatable bonds is 6. The molecule has 1 saturated carbocycles. The fraction of sp³-hybridized carbons (Fsp3) is 0.533. The molecule has 2 fully saturated rings. The molecule has 0 spiro atoms. The monoisotopic (exact) mass is 499 g/mol. The minimum atomic E-state index is -0.398. The van der Waals surface area contributed by atoms with Gasteiger partial charge in [0.1, 0.15) is 0 Å². The molecule has 0 amide bonds. The summed E-state index contributed by atoms with van der Waals surface area (Å²) >= 11 is 0. The average Bonchev–Trinajstić information content (AvgIpc) is 3.33. The van der Waals surface area contributed by atoms with E-state index in [1.54, 1.807) is 0 Å². The molecule has 3 aromatic rings. The van der Waals surface area contributed by atoms with Crippen LogP contribution in [-0.2, 0) is 4.74 Å². The van der Waals surface area contributed by atoms with Gasteiger partial charge in [-0.2, -0.15) is 10.4 Å². The second kappa shape index (κ2) is 10.9. The van der Waals surface area contributed by atoms with Gasteiger partial charge in [-0.15, -0.1) is 0 Å². The standard InChI is InChI=1S/C30H37N5O2/c1-4-37-30(36)26-18-25(22-10-12-23(13-11-22)34-16-14-21(19-31)15-17-34)27-28(20(2)3)33-35(29(27)32-26)24-8-6-5-7-9-24/h10-13,18,20-21,24H,4-9,14-17H2,1-3H3. The molecule has 1 aromatic carbocycles. The Kier molecular flexibility index (Phi) is 7.45. The molecule has 37 heavy (non-hydrogen) atoms. The van der Waals surface area contributed by atoms with Crippen LogP contribution in [0.2, 0.25) is 0 Å². The zero-order valence-electron chi connectivity index (χ0n) is 22.2. The highest BCUT2D eigenvalue weighted by molar-refractivity contribution is 6.00. The number of benzene rings is 1. The minimum absolute atomic E-state index is 0.164. The van der Waals surface area contributed by atoms with E-state index >= 15 is 0 Å². The lowest BCUT2D eigenvalue weighted by Crippen LogP contribution is -2.33. The highest BCUT2D eigenvalue weighted by atomic mass is 16.5. The van der Waals surface area contributed by atoms with E-state index in [1.165, 1.54) is 19.3 Å². The highest BCUT2D eigenvalue weighted by Gasteiger charge is 2.27. The SMILES string of the molecule is CCOC(=O)c1cc(-c2ccc(N3CCC(C#N)CC3)cc2)c2c(C(C)C)nn(C3CCCCC3)c2n1. The molecule has 7 nitrogen and oxygen atoms in total. The lowest BCUT2D eigenvalue weighted by molar-refractivity contribution is 0.0520. The van der Waals surface area contributed by atoms with Crippen molar-refractivity contribution in [3.8, 4) is 17.2 Å². The molecule has 5 rings (SSSR count). The van der Waals surface area contributed by atoms with Crippen LogP contribution in [0.5, 0.6) is 0 Å². The zero-order chi connectivity index (χ0) is 25.9. The predicted molar refractivity (Wildman–Crippen MR) is 146 cm³/mol. The van der Waals surface area contributed by atoms with Crippen molar-refractivity contribution in [2.45, 2.75) is 77.7 Å². The normalized spacial score (nSPS) is 17.3. The summed E-state index contributed by atoms with van der Waals surface area (Å²) in [6.07, 6.45) is 7.65. The number of nitrogens with zero attached hydrogens (tertiary/aromatic N) is 5. The van der Waals surface area contributed by atoms with Gasteiger partial charge in [0.25, 0.3) is 0 Å². The molecule has 2 aliphatic rings. The maximum absolute atomic E-state index is 12.9. The van der Waals surface area contributed by atoms with Crippen molar-refractivity contribution in [2.75, 3.05) is 24.6 Å². The maximum atomic E-state index is 12.9. The predicted octanol–water partition coefficient (Wildman–Crippen LogP) is 6.64. The van der Waals surface area contributed by atoms with Gasteiger partial charge < -0.3 is 9.64 Å². The quantitative estimate of drug-likeness (QED) is 0.353. The number of ether oxygens (including phenoxy) is 1. The molecule has 7 heteroatoms. The molecule has 0 N–H and O–H groups in total. The first-order valence-electron chi connectivity index (χ1n) is 13.9. The van der Waals surface area contributed by atoms with Crippen LogP contribution in [0.4, 0.5) is 5.69 Å². The van der Waals surface area contributed by atoms with Crippen LogP contribution in [0, 0.1) is 17.2 Å². The number of aromatic nitrogens is 3. The van der Waals surface area contributed by atoms with Gasteiger partial charge in [-0.3, -0.25) is 0 Å². The van der Waals surface area contributed by atoms with E-state index in [9.17, 15) is 10.1 Å². The Morgan fingerprint density at radius 3 is 2.43 bits per heavy atom. The van der Waals surface area contributed by atoms with Gasteiger partial charge in [-0.1, -0.05) is 45.2 Å². The number of anilines is 1. The van der Waals surface area contributed by atoms with Gasteiger partial charge in [-0.05, 0) is 67.9 Å². The van der Waals surface area contributed by atoms with E-state index in [2.05, 4.69) is 53.8 Å². The summed E-state index contributed by atoms with van der Waals surface area (Å²) in [4.78, 5) is 20.1. The number of nitriles is 1. The maximum Gasteiger partial charge on any atom is 0.357 e. The number of pyridine rings is 1. The van der Waals surface area contributed by atoms with E-state index in [1.807, 2.05) is 13.0 Å².